The van der Waals surface area contributed by atoms with E-state index >= 15 is 0 Å². The summed E-state index contributed by atoms with van der Waals surface area (Å²) in [6, 6.07) is 17.3. The average Bonchev–Trinajstić information content (AvgIpc) is 3.09. The lowest BCUT2D eigenvalue weighted by Crippen LogP contribution is -2.32. The van der Waals surface area contributed by atoms with Gasteiger partial charge < -0.3 is 13.9 Å². The second-order valence-electron chi connectivity index (χ2n) is 6.48. The van der Waals surface area contributed by atoms with E-state index in [0.717, 1.165) is 16.5 Å². The molecular weight excluding hydrogens is 356 g/mol. The monoisotopic (exact) mass is 380 g/mol. The van der Waals surface area contributed by atoms with Gasteiger partial charge in [0.2, 0.25) is 0 Å². The van der Waals surface area contributed by atoms with Crippen LogP contribution < -0.4 is 0 Å². The van der Waals surface area contributed by atoms with Gasteiger partial charge in [-0.05, 0) is 19.9 Å². The number of furan rings is 1. The zero-order valence-electron chi connectivity index (χ0n) is 16.3. The van der Waals surface area contributed by atoms with Gasteiger partial charge in [-0.25, -0.2) is 0 Å². The van der Waals surface area contributed by atoms with Gasteiger partial charge in [-0.2, -0.15) is 0 Å². The molecule has 0 N–H and O–H groups in total. The molecule has 0 bridgehead atoms. The van der Waals surface area contributed by atoms with Gasteiger partial charge >= 0.3 is 11.9 Å². The van der Waals surface area contributed by atoms with Crippen molar-refractivity contribution in [3.63, 3.8) is 0 Å². The van der Waals surface area contributed by atoms with Crippen molar-refractivity contribution in [1.29, 1.82) is 0 Å². The topological polar surface area (TPSA) is 65.7 Å². The third-order valence-corrected chi connectivity index (χ3v) is 4.71. The number of carbonyl (C=O) groups is 2. The zero-order valence-corrected chi connectivity index (χ0v) is 16.3. The summed E-state index contributed by atoms with van der Waals surface area (Å²) in [5, 5.41) is 0.868. The molecule has 3 rings (SSSR count). The molecule has 0 fully saturated rings. The van der Waals surface area contributed by atoms with Gasteiger partial charge in [0.15, 0.2) is 5.92 Å². The van der Waals surface area contributed by atoms with E-state index in [1.807, 2.05) is 61.5 Å². The minimum absolute atomic E-state index is 0.194. The highest BCUT2D eigenvalue weighted by molar-refractivity contribution is 5.98. The minimum Gasteiger partial charge on any atom is -0.465 e. The number of para-hydroxylation sites is 1. The fraction of sp³-hybridized carbons (Fsp3) is 0.304. The fourth-order valence-electron chi connectivity index (χ4n) is 3.46. The summed E-state index contributed by atoms with van der Waals surface area (Å²) < 4.78 is 16.5. The van der Waals surface area contributed by atoms with Gasteiger partial charge in [0.05, 0.1) is 13.2 Å². The molecule has 28 heavy (non-hydrogen) atoms. The largest absolute Gasteiger partial charge is 0.465 e. The molecule has 0 aliphatic carbocycles. The molecule has 5 heteroatoms. The third kappa shape index (κ3) is 3.79. The standard InChI is InChI=1S/C23H24O5/c1-4-26-22(24)20(23(25)27-5-2)15(3)19-17-13-9-10-14-18(17)28-21(19)16-11-7-6-8-12-16/h6-15,20H,4-5H2,1-3H3. The molecule has 1 unspecified atom stereocenters. The molecular formula is C23H24O5. The van der Waals surface area contributed by atoms with Crippen LogP contribution in [0.2, 0.25) is 0 Å². The second kappa shape index (κ2) is 8.74. The molecule has 0 aliphatic heterocycles. The summed E-state index contributed by atoms with van der Waals surface area (Å²) in [7, 11) is 0. The van der Waals surface area contributed by atoms with Gasteiger partial charge in [-0.1, -0.05) is 55.5 Å². The Morgan fingerprint density at radius 2 is 1.46 bits per heavy atom. The lowest BCUT2D eigenvalue weighted by atomic mass is 9.84. The first-order valence-corrected chi connectivity index (χ1v) is 9.48. The smallest absolute Gasteiger partial charge is 0.320 e. The van der Waals surface area contributed by atoms with Crippen molar-refractivity contribution in [3.05, 3.63) is 60.2 Å². The van der Waals surface area contributed by atoms with Crippen molar-refractivity contribution in [1.82, 2.24) is 0 Å². The molecule has 5 nitrogen and oxygen atoms in total. The Morgan fingerprint density at radius 3 is 2.07 bits per heavy atom. The number of ether oxygens (including phenoxy) is 2. The number of carbonyl (C=O) groups excluding carboxylic acids is 2. The van der Waals surface area contributed by atoms with Crippen LogP contribution in [0.4, 0.5) is 0 Å². The second-order valence-corrected chi connectivity index (χ2v) is 6.48. The van der Waals surface area contributed by atoms with Crippen LogP contribution in [0.3, 0.4) is 0 Å². The molecule has 0 amide bonds. The van der Waals surface area contributed by atoms with Gasteiger partial charge in [-0.15, -0.1) is 0 Å². The molecule has 0 saturated carbocycles. The molecule has 0 radical (unpaired) electrons. The van der Waals surface area contributed by atoms with Crippen molar-refractivity contribution < 1.29 is 23.5 Å². The third-order valence-electron chi connectivity index (χ3n) is 4.71. The van der Waals surface area contributed by atoms with Crippen molar-refractivity contribution in [3.8, 4) is 11.3 Å². The first-order chi connectivity index (χ1) is 13.6. The zero-order chi connectivity index (χ0) is 20.1. The van der Waals surface area contributed by atoms with E-state index < -0.39 is 23.8 Å². The quantitative estimate of drug-likeness (QED) is 0.429. The summed E-state index contributed by atoms with van der Waals surface area (Å²) in [5.41, 5.74) is 2.38. The number of fused-ring (bicyclic) bond motifs is 1. The first-order valence-electron chi connectivity index (χ1n) is 9.48. The van der Waals surface area contributed by atoms with Gasteiger partial charge in [0.1, 0.15) is 11.3 Å². The molecule has 3 aromatic rings. The summed E-state index contributed by atoms with van der Waals surface area (Å²) in [6.07, 6.45) is 0. The van der Waals surface area contributed by atoms with E-state index in [0.29, 0.717) is 11.3 Å². The summed E-state index contributed by atoms with van der Waals surface area (Å²) in [5.74, 6) is -2.08. The highest BCUT2D eigenvalue weighted by atomic mass is 16.6. The molecule has 0 spiro atoms. The molecule has 0 saturated heterocycles. The number of esters is 2. The maximum absolute atomic E-state index is 12.6. The Labute approximate surface area is 164 Å². The normalized spacial score (nSPS) is 12.1. The number of hydrogen-bond donors (Lipinski definition) is 0. The molecule has 146 valence electrons. The van der Waals surface area contributed by atoms with Crippen LogP contribution in [0.5, 0.6) is 0 Å². The summed E-state index contributed by atoms with van der Waals surface area (Å²) >= 11 is 0. The van der Waals surface area contributed by atoms with Crippen molar-refractivity contribution >= 4 is 22.9 Å². The van der Waals surface area contributed by atoms with E-state index in [2.05, 4.69) is 0 Å². The molecule has 2 aromatic carbocycles. The summed E-state index contributed by atoms with van der Waals surface area (Å²) in [4.78, 5) is 25.3. The SMILES string of the molecule is CCOC(=O)C(C(=O)OCC)C(C)c1c(-c2ccccc2)oc2ccccc12. The predicted octanol–water partition coefficient (Wildman–Crippen LogP) is 4.95. The maximum atomic E-state index is 12.6. The molecule has 1 heterocycles. The lowest BCUT2D eigenvalue weighted by Gasteiger charge is -2.21. The van der Waals surface area contributed by atoms with Crippen LogP contribution in [0.1, 0.15) is 32.3 Å². The van der Waals surface area contributed by atoms with Crippen LogP contribution in [-0.2, 0) is 19.1 Å². The van der Waals surface area contributed by atoms with Crippen LogP contribution in [-0.4, -0.2) is 25.2 Å². The highest BCUT2D eigenvalue weighted by Crippen LogP contribution is 2.41. The first kappa shape index (κ1) is 19.7. The molecule has 1 atom stereocenters. The van der Waals surface area contributed by atoms with Gasteiger partial charge in [-0.3, -0.25) is 9.59 Å². The van der Waals surface area contributed by atoms with Crippen molar-refractivity contribution in [2.45, 2.75) is 26.7 Å². The van der Waals surface area contributed by atoms with Crippen LogP contribution >= 0.6 is 0 Å². The molecule has 1 aromatic heterocycles. The van der Waals surface area contributed by atoms with Gasteiger partial charge in [0.25, 0.3) is 0 Å². The predicted molar refractivity (Wildman–Crippen MR) is 107 cm³/mol. The average molecular weight is 380 g/mol. The highest BCUT2D eigenvalue weighted by Gasteiger charge is 2.38. The van der Waals surface area contributed by atoms with Crippen LogP contribution in [0.15, 0.2) is 59.0 Å². The van der Waals surface area contributed by atoms with Crippen LogP contribution in [0.25, 0.3) is 22.3 Å². The van der Waals surface area contributed by atoms with E-state index in [1.165, 1.54) is 0 Å². The van der Waals surface area contributed by atoms with Crippen LogP contribution in [0, 0.1) is 5.92 Å². The number of hydrogen-bond acceptors (Lipinski definition) is 5. The Morgan fingerprint density at radius 1 is 0.893 bits per heavy atom. The molecule has 0 aliphatic rings. The Hall–Kier alpha value is -3.08. The Kier molecular flexibility index (Phi) is 6.14. The number of benzene rings is 2. The lowest BCUT2D eigenvalue weighted by molar-refractivity contribution is -0.162. The van der Waals surface area contributed by atoms with Gasteiger partial charge in [0, 0.05) is 22.4 Å². The fourth-order valence-corrected chi connectivity index (χ4v) is 3.46. The summed E-state index contributed by atoms with van der Waals surface area (Å²) in [6.45, 7) is 5.65. The van der Waals surface area contributed by atoms with E-state index in [1.54, 1.807) is 13.8 Å². The number of rotatable bonds is 7. The maximum Gasteiger partial charge on any atom is 0.320 e. The van der Waals surface area contributed by atoms with Crippen molar-refractivity contribution in [2.75, 3.05) is 13.2 Å². The Balaban J connectivity index is 2.16. The van der Waals surface area contributed by atoms with E-state index in [9.17, 15) is 9.59 Å². The van der Waals surface area contributed by atoms with Crippen molar-refractivity contribution in [2.24, 2.45) is 5.92 Å². The minimum atomic E-state index is -1.07. The van der Waals surface area contributed by atoms with E-state index in [4.69, 9.17) is 13.9 Å². The van der Waals surface area contributed by atoms with E-state index in [-0.39, 0.29) is 13.2 Å². The Bertz CT molecular complexity index is 940.